The molecule has 1 fully saturated rings. The molecule has 0 bridgehead atoms. The first-order valence-electron chi connectivity index (χ1n) is 11.7. The fourth-order valence-corrected chi connectivity index (χ4v) is 4.70. The van der Waals surface area contributed by atoms with E-state index in [4.69, 9.17) is 5.26 Å². The van der Waals surface area contributed by atoms with E-state index in [2.05, 4.69) is 15.4 Å². The summed E-state index contributed by atoms with van der Waals surface area (Å²) < 4.78 is 65.9. The van der Waals surface area contributed by atoms with Crippen molar-refractivity contribution in [1.82, 2.24) is 5.32 Å². The van der Waals surface area contributed by atoms with Crippen LogP contribution >= 0.6 is 0 Å². The van der Waals surface area contributed by atoms with Crippen molar-refractivity contribution >= 4 is 27.3 Å². The lowest BCUT2D eigenvalue weighted by Crippen LogP contribution is -2.38. The maximum absolute atomic E-state index is 13.2. The molecule has 0 aromatic heterocycles. The molecular weight excluding hydrogens is 493 g/mol. The van der Waals surface area contributed by atoms with Gasteiger partial charge in [0.05, 0.1) is 22.4 Å². The van der Waals surface area contributed by atoms with Gasteiger partial charge in [-0.3, -0.25) is 9.52 Å². The van der Waals surface area contributed by atoms with Crippen molar-refractivity contribution < 1.29 is 26.4 Å². The Morgan fingerprint density at radius 1 is 1.06 bits per heavy atom. The highest BCUT2D eigenvalue weighted by Gasteiger charge is 2.34. The Bertz CT molecular complexity index is 1210. The fraction of sp³-hybridized carbons (Fsp3) is 0.440. The first-order valence-corrected chi connectivity index (χ1v) is 13.2. The lowest BCUT2D eigenvalue weighted by atomic mass is 9.86. The summed E-state index contributed by atoms with van der Waals surface area (Å²) in [5.41, 5.74) is -0.232. The zero-order valence-corrected chi connectivity index (χ0v) is 20.8. The van der Waals surface area contributed by atoms with E-state index in [1.54, 1.807) is 44.2 Å². The van der Waals surface area contributed by atoms with Gasteiger partial charge in [0.15, 0.2) is 0 Å². The van der Waals surface area contributed by atoms with Gasteiger partial charge in [-0.1, -0.05) is 0 Å². The van der Waals surface area contributed by atoms with E-state index in [0.29, 0.717) is 23.5 Å². The van der Waals surface area contributed by atoms with Crippen LogP contribution in [0.2, 0.25) is 0 Å². The molecule has 3 rings (SSSR count). The molecule has 1 aliphatic carbocycles. The number of anilines is 2. The molecule has 1 saturated carbocycles. The van der Waals surface area contributed by atoms with Gasteiger partial charge >= 0.3 is 6.18 Å². The van der Waals surface area contributed by atoms with Gasteiger partial charge in [-0.05, 0) is 87.9 Å². The number of nitrogens with one attached hydrogen (secondary N) is 3. The third kappa shape index (κ3) is 7.13. The fourth-order valence-electron chi connectivity index (χ4n) is 4.00. The highest BCUT2D eigenvalue weighted by Crippen LogP contribution is 2.34. The summed E-state index contributed by atoms with van der Waals surface area (Å²) in [4.78, 5) is 12.6. The Morgan fingerprint density at radius 2 is 1.67 bits per heavy atom. The average molecular weight is 523 g/mol. The van der Waals surface area contributed by atoms with Crippen molar-refractivity contribution in [2.75, 3.05) is 16.6 Å². The van der Waals surface area contributed by atoms with Crippen molar-refractivity contribution in [2.24, 2.45) is 5.92 Å². The summed E-state index contributed by atoms with van der Waals surface area (Å²) in [5.74, 6) is 0.00324. The molecule has 0 spiro atoms. The van der Waals surface area contributed by atoms with Gasteiger partial charge in [0.2, 0.25) is 10.0 Å². The number of benzene rings is 2. The van der Waals surface area contributed by atoms with E-state index in [-0.39, 0.29) is 17.9 Å². The SMILES string of the molecule is CC(C)S(=O)(=O)Nc1ccc(C(=O)NC2CCC(CNc3ccc(C#N)c(C(F)(F)F)c3)CC2)cc1. The summed E-state index contributed by atoms with van der Waals surface area (Å²) in [5, 5.41) is 14.4. The van der Waals surface area contributed by atoms with Crippen LogP contribution in [0.15, 0.2) is 42.5 Å². The summed E-state index contributed by atoms with van der Waals surface area (Å²) in [6, 6.07) is 11.4. The van der Waals surface area contributed by atoms with Gasteiger partial charge in [-0.2, -0.15) is 18.4 Å². The third-order valence-electron chi connectivity index (χ3n) is 6.25. The Labute approximate surface area is 209 Å². The van der Waals surface area contributed by atoms with Crippen molar-refractivity contribution in [3.05, 3.63) is 59.2 Å². The standard InChI is InChI=1S/C25H29F3N4O3S/c1-16(2)36(34,35)32-21-10-5-18(6-11-21)24(33)31-20-8-3-17(4-9-20)15-30-22-12-7-19(14-29)23(13-22)25(26,27)28/h5-7,10-13,16-17,20,30,32H,3-4,8-9,15H2,1-2H3,(H,31,33). The van der Waals surface area contributed by atoms with Gasteiger partial charge in [0.1, 0.15) is 0 Å². The molecule has 2 aromatic carbocycles. The van der Waals surface area contributed by atoms with Crippen LogP contribution in [-0.2, 0) is 16.2 Å². The van der Waals surface area contributed by atoms with E-state index >= 15 is 0 Å². The van der Waals surface area contributed by atoms with Crippen LogP contribution in [0.1, 0.15) is 61.0 Å². The number of hydrogen-bond acceptors (Lipinski definition) is 5. The molecule has 2 aromatic rings. The van der Waals surface area contributed by atoms with Crippen LogP contribution in [0.4, 0.5) is 24.5 Å². The minimum Gasteiger partial charge on any atom is -0.385 e. The normalized spacial score (nSPS) is 18.4. The molecule has 0 saturated heterocycles. The summed E-state index contributed by atoms with van der Waals surface area (Å²) >= 11 is 0. The summed E-state index contributed by atoms with van der Waals surface area (Å²) in [6.45, 7) is 3.65. The zero-order chi connectivity index (χ0) is 26.5. The Morgan fingerprint density at radius 3 is 2.22 bits per heavy atom. The minimum atomic E-state index is -4.60. The molecule has 0 heterocycles. The molecule has 11 heteroatoms. The van der Waals surface area contributed by atoms with Gasteiger partial charge in [-0.15, -0.1) is 0 Å². The van der Waals surface area contributed by atoms with Crippen LogP contribution in [0.3, 0.4) is 0 Å². The first-order chi connectivity index (χ1) is 16.9. The number of carbonyl (C=O) groups is 1. The van der Waals surface area contributed by atoms with E-state index in [1.807, 2.05) is 0 Å². The number of alkyl halides is 3. The number of sulfonamides is 1. The second-order valence-electron chi connectivity index (χ2n) is 9.22. The van der Waals surface area contributed by atoms with Crippen LogP contribution in [0.5, 0.6) is 0 Å². The lowest BCUT2D eigenvalue weighted by molar-refractivity contribution is -0.137. The second-order valence-corrected chi connectivity index (χ2v) is 11.5. The van der Waals surface area contributed by atoms with Gasteiger partial charge in [0.25, 0.3) is 5.91 Å². The van der Waals surface area contributed by atoms with Gasteiger partial charge in [0, 0.05) is 29.5 Å². The monoisotopic (exact) mass is 522 g/mol. The second kappa shape index (κ2) is 11.2. The maximum atomic E-state index is 13.2. The number of amides is 1. The van der Waals surface area contributed by atoms with E-state index in [1.165, 1.54) is 12.1 Å². The Balaban J connectivity index is 1.47. The zero-order valence-electron chi connectivity index (χ0n) is 20.0. The number of nitriles is 1. The number of halogens is 3. The lowest BCUT2D eigenvalue weighted by Gasteiger charge is -2.29. The maximum Gasteiger partial charge on any atom is 0.417 e. The third-order valence-corrected chi connectivity index (χ3v) is 8.01. The van der Waals surface area contributed by atoms with Gasteiger partial charge < -0.3 is 10.6 Å². The summed E-state index contributed by atoms with van der Waals surface area (Å²) in [6.07, 6.45) is -1.51. The predicted octanol–water partition coefficient (Wildman–Crippen LogP) is 5.13. The summed E-state index contributed by atoms with van der Waals surface area (Å²) in [7, 11) is -3.47. The predicted molar refractivity (Wildman–Crippen MR) is 132 cm³/mol. The molecular formula is C25H29F3N4O3S. The number of carbonyl (C=O) groups excluding carboxylic acids is 1. The molecule has 36 heavy (non-hydrogen) atoms. The minimum absolute atomic E-state index is 0.0142. The molecule has 194 valence electrons. The molecule has 0 unspecified atom stereocenters. The van der Waals surface area contributed by atoms with Crippen LogP contribution in [-0.4, -0.2) is 32.2 Å². The molecule has 0 aliphatic heterocycles. The van der Waals surface area contributed by atoms with Crippen molar-refractivity contribution in [1.29, 1.82) is 5.26 Å². The van der Waals surface area contributed by atoms with Gasteiger partial charge in [-0.25, -0.2) is 8.42 Å². The molecule has 1 amide bonds. The Hall–Kier alpha value is -3.26. The molecule has 0 radical (unpaired) electrons. The topological polar surface area (TPSA) is 111 Å². The van der Waals surface area contributed by atoms with E-state index in [0.717, 1.165) is 31.7 Å². The average Bonchev–Trinajstić information content (AvgIpc) is 2.83. The highest BCUT2D eigenvalue weighted by molar-refractivity contribution is 7.93. The van der Waals surface area contributed by atoms with Crippen LogP contribution in [0.25, 0.3) is 0 Å². The van der Waals surface area contributed by atoms with Crippen LogP contribution in [0, 0.1) is 17.2 Å². The smallest absolute Gasteiger partial charge is 0.385 e. The molecule has 1 aliphatic rings. The molecule has 0 atom stereocenters. The number of rotatable bonds is 8. The Kier molecular flexibility index (Phi) is 8.51. The largest absolute Gasteiger partial charge is 0.417 e. The van der Waals surface area contributed by atoms with Crippen molar-refractivity contribution in [3.63, 3.8) is 0 Å². The number of hydrogen-bond donors (Lipinski definition) is 3. The highest BCUT2D eigenvalue weighted by atomic mass is 32.2. The quantitative estimate of drug-likeness (QED) is 0.445. The van der Waals surface area contributed by atoms with Crippen molar-refractivity contribution in [2.45, 2.75) is 57.0 Å². The molecule has 7 nitrogen and oxygen atoms in total. The van der Waals surface area contributed by atoms with Crippen molar-refractivity contribution in [3.8, 4) is 6.07 Å². The van der Waals surface area contributed by atoms with E-state index in [9.17, 15) is 26.4 Å². The number of nitrogens with zero attached hydrogens (tertiary/aromatic N) is 1. The van der Waals surface area contributed by atoms with Crippen LogP contribution < -0.4 is 15.4 Å². The molecule has 3 N–H and O–H groups in total. The first kappa shape index (κ1) is 27.3. The van der Waals surface area contributed by atoms with E-state index < -0.39 is 32.6 Å².